The summed E-state index contributed by atoms with van der Waals surface area (Å²) in [6.07, 6.45) is 0. The minimum absolute atomic E-state index is 0.0248. The predicted octanol–water partition coefficient (Wildman–Crippen LogP) is 2.44. The second-order valence-electron chi connectivity index (χ2n) is 4.64. The van der Waals surface area contributed by atoms with Crippen molar-refractivity contribution in [3.8, 4) is 0 Å². The lowest BCUT2D eigenvalue weighted by Crippen LogP contribution is -2.42. The fourth-order valence-electron chi connectivity index (χ4n) is 2.01. The maximum absolute atomic E-state index is 12.2. The van der Waals surface area contributed by atoms with Crippen LogP contribution in [0.2, 0.25) is 0 Å². The second kappa shape index (κ2) is 5.72. The topological polar surface area (TPSA) is 29.5 Å². The second-order valence-corrected chi connectivity index (χ2v) is 5.08. The molecule has 18 heavy (non-hydrogen) atoms. The van der Waals surface area contributed by atoms with E-state index in [2.05, 4.69) is 0 Å². The van der Waals surface area contributed by atoms with Gasteiger partial charge in [-0.05, 0) is 30.5 Å². The van der Waals surface area contributed by atoms with Crippen LogP contribution in [-0.4, -0.2) is 37.1 Å². The van der Waals surface area contributed by atoms with E-state index in [1.165, 1.54) is 5.56 Å². The van der Waals surface area contributed by atoms with Crippen molar-refractivity contribution in [3.63, 3.8) is 0 Å². The van der Waals surface area contributed by atoms with E-state index >= 15 is 0 Å². The van der Waals surface area contributed by atoms with Gasteiger partial charge in [-0.15, -0.1) is 11.6 Å². The minimum atomic E-state index is -0.595. The van der Waals surface area contributed by atoms with E-state index in [1.807, 2.05) is 32.0 Å². The number of rotatable bonds is 2. The highest BCUT2D eigenvalue weighted by atomic mass is 35.5. The minimum Gasteiger partial charge on any atom is -0.378 e. The quantitative estimate of drug-likeness (QED) is 0.771. The number of hydrogen-bond donors (Lipinski definition) is 0. The summed E-state index contributed by atoms with van der Waals surface area (Å²) in [5.74, 6) is -0.0248. The van der Waals surface area contributed by atoms with Crippen LogP contribution >= 0.6 is 11.6 Å². The van der Waals surface area contributed by atoms with Gasteiger partial charge in [-0.25, -0.2) is 0 Å². The van der Waals surface area contributed by atoms with E-state index in [1.54, 1.807) is 4.90 Å². The Bertz CT molecular complexity index is 441. The van der Waals surface area contributed by atoms with Crippen molar-refractivity contribution in [1.82, 2.24) is 4.90 Å². The molecular weight excluding hydrogens is 250 g/mol. The Morgan fingerprint density at radius 1 is 1.28 bits per heavy atom. The standard InChI is InChI=1S/C14H18ClNO2/c1-10-3-4-12(9-11(10)2)13(15)14(17)16-5-7-18-8-6-16/h3-4,9,13H,5-8H2,1-2H3. The number of halogens is 1. The third-order valence-electron chi connectivity index (χ3n) is 3.36. The van der Waals surface area contributed by atoms with Crippen molar-refractivity contribution in [1.29, 1.82) is 0 Å². The zero-order valence-electron chi connectivity index (χ0n) is 10.8. The molecule has 0 radical (unpaired) electrons. The molecule has 0 spiro atoms. The van der Waals surface area contributed by atoms with E-state index in [0.29, 0.717) is 26.3 Å². The fraction of sp³-hybridized carbons (Fsp3) is 0.500. The molecule has 0 aliphatic carbocycles. The number of benzene rings is 1. The largest absolute Gasteiger partial charge is 0.378 e. The Morgan fingerprint density at radius 2 is 1.94 bits per heavy atom. The van der Waals surface area contributed by atoms with Crippen molar-refractivity contribution >= 4 is 17.5 Å². The van der Waals surface area contributed by atoms with Crippen LogP contribution in [0.1, 0.15) is 22.1 Å². The molecule has 0 N–H and O–H groups in total. The van der Waals surface area contributed by atoms with Crippen LogP contribution in [0, 0.1) is 13.8 Å². The summed E-state index contributed by atoms with van der Waals surface area (Å²) < 4.78 is 5.23. The predicted molar refractivity (Wildman–Crippen MR) is 71.9 cm³/mol. The van der Waals surface area contributed by atoms with Gasteiger partial charge in [0, 0.05) is 13.1 Å². The number of morpholine rings is 1. The van der Waals surface area contributed by atoms with Crippen LogP contribution in [0.4, 0.5) is 0 Å². The van der Waals surface area contributed by atoms with E-state index in [4.69, 9.17) is 16.3 Å². The molecule has 1 fully saturated rings. The molecule has 98 valence electrons. The first-order chi connectivity index (χ1) is 8.59. The van der Waals surface area contributed by atoms with Crippen LogP contribution in [0.5, 0.6) is 0 Å². The van der Waals surface area contributed by atoms with Gasteiger partial charge in [-0.3, -0.25) is 4.79 Å². The van der Waals surface area contributed by atoms with Gasteiger partial charge >= 0.3 is 0 Å². The molecule has 4 heteroatoms. The SMILES string of the molecule is Cc1ccc(C(Cl)C(=O)N2CCOCC2)cc1C. The Morgan fingerprint density at radius 3 is 2.56 bits per heavy atom. The van der Waals surface area contributed by atoms with Crippen molar-refractivity contribution in [3.05, 3.63) is 34.9 Å². The lowest BCUT2D eigenvalue weighted by Gasteiger charge is -2.28. The molecule has 1 atom stereocenters. The summed E-state index contributed by atoms with van der Waals surface area (Å²) in [5, 5.41) is -0.595. The maximum Gasteiger partial charge on any atom is 0.245 e. The van der Waals surface area contributed by atoms with Gasteiger partial charge in [0.25, 0.3) is 0 Å². The molecule has 1 unspecified atom stereocenters. The van der Waals surface area contributed by atoms with Gasteiger partial charge < -0.3 is 9.64 Å². The molecule has 1 heterocycles. The summed E-state index contributed by atoms with van der Waals surface area (Å²) in [6, 6.07) is 5.93. The number of carbonyl (C=O) groups is 1. The molecular formula is C14H18ClNO2. The Labute approximate surface area is 113 Å². The zero-order chi connectivity index (χ0) is 13.1. The fourth-order valence-corrected chi connectivity index (χ4v) is 2.28. The highest BCUT2D eigenvalue weighted by Crippen LogP contribution is 2.25. The summed E-state index contributed by atoms with van der Waals surface area (Å²) in [5.41, 5.74) is 3.24. The van der Waals surface area contributed by atoms with Gasteiger partial charge in [0.05, 0.1) is 13.2 Å². The molecule has 1 amide bonds. The van der Waals surface area contributed by atoms with Gasteiger partial charge in [0.15, 0.2) is 0 Å². The maximum atomic E-state index is 12.2. The Hall–Kier alpha value is -1.06. The molecule has 0 bridgehead atoms. The molecule has 1 aliphatic heterocycles. The molecule has 0 saturated carbocycles. The smallest absolute Gasteiger partial charge is 0.245 e. The normalized spacial score (nSPS) is 17.6. The van der Waals surface area contributed by atoms with E-state index in [9.17, 15) is 4.79 Å². The van der Waals surface area contributed by atoms with E-state index in [0.717, 1.165) is 11.1 Å². The third kappa shape index (κ3) is 2.85. The number of carbonyl (C=O) groups excluding carboxylic acids is 1. The molecule has 1 aromatic carbocycles. The zero-order valence-corrected chi connectivity index (χ0v) is 11.5. The first-order valence-electron chi connectivity index (χ1n) is 6.17. The van der Waals surface area contributed by atoms with Gasteiger partial charge in [0.1, 0.15) is 5.38 Å². The highest BCUT2D eigenvalue weighted by Gasteiger charge is 2.25. The number of ether oxygens (including phenoxy) is 1. The van der Waals surface area contributed by atoms with Crippen molar-refractivity contribution in [2.24, 2.45) is 0 Å². The summed E-state index contributed by atoms with van der Waals surface area (Å²) >= 11 is 6.28. The Kier molecular flexibility index (Phi) is 4.25. The molecule has 0 aromatic heterocycles. The van der Waals surface area contributed by atoms with Crippen LogP contribution in [0.3, 0.4) is 0 Å². The summed E-state index contributed by atoms with van der Waals surface area (Å²) in [7, 11) is 0. The number of hydrogen-bond acceptors (Lipinski definition) is 2. The number of aryl methyl sites for hydroxylation is 2. The first kappa shape index (κ1) is 13.4. The average Bonchev–Trinajstić information content (AvgIpc) is 2.41. The molecule has 1 aliphatic rings. The lowest BCUT2D eigenvalue weighted by atomic mass is 10.0. The number of alkyl halides is 1. The van der Waals surface area contributed by atoms with Gasteiger partial charge in [-0.2, -0.15) is 0 Å². The number of nitrogens with zero attached hydrogens (tertiary/aromatic N) is 1. The Balaban J connectivity index is 2.11. The van der Waals surface area contributed by atoms with Crippen LogP contribution in [0.25, 0.3) is 0 Å². The third-order valence-corrected chi connectivity index (χ3v) is 3.80. The van der Waals surface area contributed by atoms with Crippen LogP contribution in [0.15, 0.2) is 18.2 Å². The average molecular weight is 268 g/mol. The lowest BCUT2D eigenvalue weighted by molar-refractivity contribution is -0.134. The van der Waals surface area contributed by atoms with Crippen molar-refractivity contribution in [2.75, 3.05) is 26.3 Å². The van der Waals surface area contributed by atoms with Gasteiger partial charge in [-0.1, -0.05) is 18.2 Å². The monoisotopic (exact) mass is 267 g/mol. The summed E-state index contributed by atoms with van der Waals surface area (Å²) in [6.45, 7) is 6.54. The van der Waals surface area contributed by atoms with E-state index in [-0.39, 0.29) is 5.91 Å². The van der Waals surface area contributed by atoms with Crippen molar-refractivity contribution < 1.29 is 9.53 Å². The summed E-state index contributed by atoms with van der Waals surface area (Å²) in [4.78, 5) is 14.0. The van der Waals surface area contributed by atoms with Crippen LogP contribution < -0.4 is 0 Å². The molecule has 3 nitrogen and oxygen atoms in total. The number of amides is 1. The molecule has 1 aromatic rings. The van der Waals surface area contributed by atoms with E-state index < -0.39 is 5.38 Å². The molecule has 2 rings (SSSR count). The van der Waals surface area contributed by atoms with Crippen molar-refractivity contribution in [2.45, 2.75) is 19.2 Å². The van der Waals surface area contributed by atoms with Gasteiger partial charge in [0.2, 0.25) is 5.91 Å². The first-order valence-corrected chi connectivity index (χ1v) is 6.61. The molecule has 1 saturated heterocycles. The van der Waals surface area contributed by atoms with Crippen LogP contribution in [-0.2, 0) is 9.53 Å². The highest BCUT2D eigenvalue weighted by molar-refractivity contribution is 6.30.